The molecule has 0 unspecified atom stereocenters. The molecule has 0 heterocycles. The van der Waals surface area contributed by atoms with Gasteiger partial charge in [-0.15, -0.1) is 0 Å². The van der Waals surface area contributed by atoms with Crippen molar-refractivity contribution in [1.82, 2.24) is 10.2 Å². The van der Waals surface area contributed by atoms with Gasteiger partial charge in [0.15, 0.2) is 0 Å². The maximum atomic E-state index is 11.9. The summed E-state index contributed by atoms with van der Waals surface area (Å²) in [4.78, 5) is 14.1. The second-order valence-electron chi connectivity index (χ2n) is 4.85. The van der Waals surface area contributed by atoms with E-state index in [-0.39, 0.29) is 17.2 Å². The number of ether oxygens (including phenoxy) is 1. The van der Waals surface area contributed by atoms with Crippen molar-refractivity contribution in [3.8, 4) is 11.5 Å². The Kier molecular flexibility index (Phi) is 4.27. The Hall–Kier alpha value is -1.75. The second-order valence-corrected chi connectivity index (χ2v) is 4.85. The van der Waals surface area contributed by atoms with Gasteiger partial charge in [-0.2, -0.15) is 0 Å². The van der Waals surface area contributed by atoms with E-state index in [1.54, 1.807) is 12.1 Å². The Morgan fingerprint density at radius 2 is 2.26 bits per heavy atom. The minimum atomic E-state index is -0.260. The normalized spacial score (nSPS) is 14.5. The van der Waals surface area contributed by atoms with Crippen LogP contribution in [0, 0.1) is 0 Å². The number of phenolic OH excluding ortho intramolecular Hbond substituents is 1. The Labute approximate surface area is 113 Å². The van der Waals surface area contributed by atoms with E-state index < -0.39 is 0 Å². The molecular weight excluding hydrogens is 244 g/mol. The van der Waals surface area contributed by atoms with E-state index in [4.69, 9.17) is 4.74 Å². The van der Waals surface area contributed by atoms with Crippen LogP contribution >= 0.6 is 0 Å². The van der Waals surface area contributed by atoms with Gasteiger partial charge < -0.3 is 20.1 Å². The van der Waals surface area contributed by atoms with E-state index >= 15 is 0 Å². The summed E-state index contributed by atoms with van der Waals surface area (Å²) in [5.74, 6) is 0.208. The SMILES string of the molecule is COc1ccc(C(=O)NCCN(C)C2CC2)c(O)c1. The van der Waals surface area contributed by atoms with Gasteiger partial charge in [0.1, 0.15) is 11.5 Å². The Morgan fingerprint density at radius 3 is 2.84 bits per heavy atom. The molecule has 19 heavy (non-hydrogen) atoms. The number of nitrogens with zero attached hydrogens (tertiary/aromatic N) is 1. The molecule has 1 aromatic rings. The molecule has 1 saturated carbocycles. The highest BCUT2D eigenvalue weighted by Crippen LogP contribution is 2.25. The highest BCUT2D eigenvalue weighted by atomic mass is 16.5. The molecule has 0 radical (unpaired) electrons. The number of hydrogen-bond acceptors (Lipinski definition) is 4. The van der Waals surface area contributed by atoms with Gasteiger partial charge in [0, 0.05) is 25.2 Å². The summed E-state index contributed by atoms with van der Waals surface area (Å²) in [6.45, 7) is 1.41. The van der Waals surface area contributed by atoms with Gasteiger partial charge in [0.25, 0.3) is 5.91 Å². The number of likely N-dealkylation sites (N-methyl/N-ethyl adjacent to an activating group) is 1. The third-order valence-corrected chi connectivity index (χ3v) is 3.37. The molecule has 0 atom stereocenters. The average molecular weight is 264 g/mol. The molecule has 0 bridgehead atoms. The zero-order chi connectivity index (χ0) is 13.8. The molecule has 0 spiro atoms. The molecular formula is C14H20N2O3. The van der Waals surface area contributed by atoms with Crippen LogP contribution in [-0.4, -0.2) is 49.2 Å². The molecule has 1 fully saturated rings. The maximum Gasteiger partial charge on any atom is 0.255 e. The van der Waals surface area contributed by atoms with Crippen molar-refractivity contribution in [2.45, 2.75) is 18.9 Å². The number of hydrogen-bond donors (Lipinski definition) is 2. The number of benzene rings is 1. The molecule has 104 valence electrons. The van der Waals surface area contributed by atoms with Gasteiger partial charge in [-0.05, 0) is 32.0 Å². The number of carbonyl (C=O) groups excluding carboxylic acids is 1. The number of methoxy groups -OCH3 is 1. The average Bonchev–Trinajstić information content (AvgIpc) is 3.22. The lowest BCUT2D eigenvalue weighted by atomic mass is 10.2. The minimum absolute atomic E-state index is 0.0626. The van der Waals surface area contributed by atoms with Crippen molar-refractivity contribution in [1.29, 1.82) is 0 Å². The van der Waals surface area contributed by atoms with Crippen LogP contribution in [0.5, 0.6) is 11.5 Å². The molecule has 2 N–H and O–H groups in total. The van der Waals surface area contributed by atoms with Crippen molar-refractivity contribution < 1.29 is 14.6 Å². The van der Waals surface area contributed by atoms with E-state index in [1.165, 1.54) is 26.0 Å². The van der Waals surface area contributed by atoms with E-state index in [0.29, 0.717) is 18.3 Å². The van der Waals surface area contributed by atoms with Gasteiger partial charge in [-0.1, -0.05) is 0 Å². The minimum Gasteiger partial charge on any atom is -0.507 e. The summed E-state index contributed by atoms with van der Waals surface area (Å²) >= 11 is 0. The number of aromatic hydroxyl groups is 1. The topological polar surface area (TPSA) is 61.8 Å². The molecule has 2 rings (SSSR count). The molecule has 1 aromatic carbocycles. The van der Waals surface area contributed by atoms with E-state index in [1.807, 2.05) is 0 Å². The molecule has 1 aliphatic rings. The first-order valence-corrected chi connectivity index (χ1v) is 6.47. The first kappa shape index (κ1) is 13.7. The summed E-state index contributed by atoms with van der Waals surface area (Å²) in [6, 6.07) is 5.34. The smallest absolute Gasteiger partial charge is 0.255 e. The third-order valence-electron chi connectivity index (χ3n) is 3.37. The molecule has 0 saturated heterocycles. The summed E-state index contributed by atoms with van der Waals surface area (Å²) in [6.07, 6.45) is 2.51. The van der Waals surface area contributed by atoms with Gasteiger partial charge in [-0.25, -0.2) is 0 Å². The predicted octanol–water partition coefficient (Wildman–Crippen LogP) is 1.22. The molecule has 0 aromatic heterocycles. The molecule has 5 heteroatoms. The lowest BCUT2D eigenvalue weighted by molar-refractivity contribution is 0.0947. The van der Waals surface area contributed by atoms with Crippen molar-refractivity contribution in [2.75, 3.05) is 27.2 Å². The van der Waals surface area contributed by atoms with Crippen molar-refractivity contribution in [2.24, 2.45) is 0 Å². The Bertz CT molecular complexity index is 458. The van der Waals surface area contributed by atoms with Gasteiger partial charge >= 0.3 is 0 Å². The Balaban J connectivity index is 1.85. The largest absolute Gasteiger partial charge is 0.507 e. The lowest BCUT2D eigenvalue weighted by Crippen LogP contribution is -2.33. The van der Waals surface area contributed by atoms with E-state index in [0.717, 1.165) is 6.54 Å². The second kappa shape index (κ2) is 5.93. The molecule has 1 aliphatic carbocycles. The zero-order valence-electron chi connectivity index (χ0n) is 11.3. The van der Waals surface area contributed by atoms with Crippen LogP contribution in [0.1, 0.15) is 23.2 Å². The standard InChI is InChI=1S/C14H20N2O3/c1-16(10-3-4-10)8-7-15-14(18)12-6-5-11(19-2)9-13(12)17/h5-6,9-10,17H,3-4,7-8H2,1-2H3,(H,15,18). The van der Waals surface area contributed by atoms with E-state index in [9.17, 15) is 9.90 Å². The highest BCUT2D eigenvalue weighted by molar-refractivity contribution is 5.96. The number of nitrogens with one attached hydrogen (secondary N) is 1. The van der Waals surface area contributed by atoms with Crippen molar-refractivity contribution in [3.05, 3.63) is 23.8 Å². The fourth-order valence-electron chi connectivity index (χ4n) is 1.97. The first-order chi connectivity index (χ1) is 9.11. The van der Waals surface area contributed by atoms with Gasteiger partial charge in [0.05, 0.1) is 12.7 Å². The fraction of sp³-hybridized carbons (Fsp3) is 0.500. The number of phenols is 1. The highest BCUT2D eigenvalue weighted by Gasteiger charge is 2.25. The maximum absolute atomic E-state index is 11.9. The van der Waals surface area contributed by atoms with Crippen LogP contribution in [0.4, 0.5) is 0 Å². The first-order valence-electron chi connectivity index (χ1n) is 6.47. The van der Waals surface area contributed by atoms with Crippen LogP contribution in [-0.2, 0) is 0 Å². The summed E-state index contributed by atoms with van der Waals surface area (Å²) in [7, 11) is 3.58. The zero-order valence-corrected chi connectivity index (χ0v) is 11.3. The lowest BCUT2D eigenvalue weighted by Gasteiger charge is -2.16. The van der Waals surface area contributed by atoms with Gasteiger partial charge in [-0.3, -0.25) is 4.79 Å². The summed E-state index contributed by atoms with van der Waals surface area (Å²) < 4.78 is 4.98. The van der Waals surface area contributed by atoms with E-state index in [2.05, 4.69) is 17.3 Å². The number of rotatable bonds is 6. The quantitative estimate of drug-likeness (QED) is 0.811. The third kappa shape index (κ3) is 3.61. The molecule has 5 nitrogen and oxygen atoms in total. The van der Waals surface area contributed by atoms with Crippen molar-refractivity contribution >= 4 is 5.91 Å². The van der Waals surface area contributed by atoms with Crippen LogP contribution in [0.2, 0.25) is 0 Å². The van der Waals surface area contributed by atoms with Crippen molar-refractivity contribution in [3.63, 3.8) is 0 Å². The fourth-order valence-corrected chi connectivity index (χ4v) is 1.97. The number of carbonyl (C=O) groups is 1. The summed E-state index contributed by atoms with van der Waals surface area (Å²) in [5.41, 5.74) is 0.273. The Morgan fingerprint density at radius 1 is 1.53 bits per heavy atom. The molecule has 1 amide bonds. The van der Waals surface area contributed by atoms with Crippen LogP contribution in [0.15, 0.2) is 18.2 Å². The summed E-state index contributed by atoms with van der Waals surface area (Å²) in [5, 5.41) is 12.6. The van der Waals surface area contributed by atoms with Crippen LogP contribution in [0.3, 0.4) is 0 Å². The monoisotopic (exact) mass is 264 g/mol. The van der Waals surface area contributed by atoms with Crippen LogP contribution < -0.4 is 10.1 Å². The molecule has 0 aliphatic heterocycles. The van der Waals surface area contributed by atoms with Crippen LogP contribution in [0.25, 0.3) is 0 Å². The number of amides is 1. The predicted molar refractivity (Wildman–Crippen MR) is 72.6 cm³/mol. The van der Waals surface area contributed by atoms with Gasteiger partial charge in [0.2, 0.25) is 0 Å².